The number of carbonyl (C=O) groups is 2. The number of hydrogen-bond donors (Lipinski definition) is 2. The average molecular weight is 289 g/mol. The van der Waals surface area contributed by atoms with Crippen LogP contribution in [0.15, 0.2) is 18.2 Å². The molecule has 0 unspecified atom stereocenters. The lowest BCUT2D eigenvalue weighted by Gasteiger charge is -2.25. The molecule has 2 rings (SSSR count). The van der Waals surface area contributed by atoms with Gasteiger partial charge < -0.3 is 10.4 Å². The Morgan fingerprint density at radius 3 is 2.48 bits per heavy atom. The standard InChI is InChI=1S/C17H23NO3/c1-12-5-6-14(13(2)11-12)7-8-15(19)18-17(16(20)21)9-3-4-10-17/h5-6,11H,3-4,7-10H2,1-2H3,(H,18,19)(H,20,21). The summed E-state index contributed by atoms with van der Waals surface area (Å²) in [6.45, 7) is 4.08. The van der Waals surface area contributed by atoms with Gasteiger partial charge in [0.2, 0.25) is 5.91 Å². The number of rotatable bonds is 5. The lowest BCUT2D eigenvalue weighted by Crippen LogP contribution is -2.52. The Labute approximate surface area is 125 Å². The molecule has 4 nitrogen and oxygen atoms in total. The molecular formula is C17H23NO3. The SMILES string of the molecule is Cc1ccc(CCC(=O)NC2(C(=O)O)CCCC2)c(C)c1. The maximum absolute atomic E-state index is 12.1. The number of aryl methyl sites for hydroxylation is 3. The Morgan fingerprint density at radius 2 is 1.90 bits per heavy atom. The largest absolute Gasteiger partial charge is 0.480 e. The van der Waals surface area contributed by atoms with E-state index >= 15 is 0 Å². The van der Waals surface area contributed by atoms with E-state index in [1.54, 1.807) is 0 Å². The highest BCUT2D eigenvalue weighted by Gasteiger charge is 2.42. The molecule has 0 aliphatic heterocycles. The molecule has 1 aromatic rings. The summed E-state index contributed by atoms with van der Waals surface area (Å²) in [7, 11) is 0. The third kappa shape index (κ3) is 3.63. The Hall–Kier alpha value is -1.84. The van der Waals surface area contributed by atoms with Crippen LogP contribution in [-0.2, 0) is 16.0 Å². The smallest absolute Gasteiger partial charge is 0.329 e. The Bertz CT molecular complexity index is 545. The van der Waals surface area contributed by atoms with E-state index in [0.717, 1.165) is 18.4 Å². The molecule has 2 N–H and O–H groups in total. The summed E-state index contributed by atoms with van der Waals surface area (Å²) in [6.07, 6.45) is 3.79. The van der Waals surface area contributed by atoms with E-state index < -0.39 is 11.5 Å². The highest BCUT2D eigenvalue weighted by atomic mass is 16.4. The molecule has 21 heavy (non-hydrogen) atoms. The zero-order valence-corrected chi connectivity index (χ0v) is 12.7. The summed E-state index contributed by atoms with van der Waals surface area (Å²) in [5.41, 5.74) is 2.50. The van der Waals surface area contributed by atoms with Gasteiger partial charge in [0.05, 0.1) is 0 Å². The van der Waals surface area contributed by atoms with Gasteiger partial charge in [-0.05, 0) is 44.2 Å². The molecule has 1 aliphatic carbocycles. The molecular weight excluding hydrogens is 266 g/mol. The van der Waals surface area contributed by atoms with E-state index in [1.165, 1.54) is 11.1 Å². The predicted molar refractivity (Wildman–Crippen MR) is 81.2 cm³/mol. The van der Waals surface area contributed by atoms with Crippen LogP contribution in [0, 0.1) is 13.8 Å². The summed E-state index contributed by atoms with van der Waals surface area (Å²) < 4.78 is 0. The van der Waals surface area contributed by atoms with Crippen LogP contribution in [-0.4, -0.2) is 22.5 Å². The highest BCUT2D eigenvalue weighted by Crippen LogP contribution is 2.30. The van der Waals surface area contributed by atoms with Crippen molar-refractivity contribution in [1.29, 1.82) is 0 Å². The molecule has 114 valence electrons. The van der Waals surface area contributed by atoms with Crippen molar-refractivity contribution in [3.05, 3.63) is 34.9 Å². The third-order valence-electron chi connectivity index (χ3n) is 4.36. The first-order chi connectivity index (χ1) is 9.93. The summed E-state index contributed by atoms with van der Waals surface area (Å²) in [5, 5.41) is 12.1. The Balaban J connectivity index is 1.94. The quantitative estimate of drug-likeness (QED) is 0.876. The fourth-order valence-electron chi connectivity index (χ4n) is 3.07. The maximum Gasteiger partial charge on any atom is 0.329 e. The second-order valence-electron chi connectivity index (χ2n) is 6.07. The second kappa shape index (κ2) is 6.29. The molecule has 1 aliphatic rings. The van der Waals surface area contributed by atoms with Gasteiger partial charge in [-0.3, -0.25) is 4.79 Å². The van der Waals surface area contributed by atoms with Crippen LogP contribution in [0.1, 0.15) is 48.8 Å². The van der Waals surface area contributed by atoms with Crippen LogP contribution >= 0.6 is 0 Å². The summed E-state index contributed by atoms with van der Waals surface area (Å²) in [5.74, 6) is -1.07. The minimum absolute atomic E-state index is 0.167. The average Bonchev–Trinajstić information content (AvgIpc) is 2.87. The Morgan fingerprint density at radius 1 is 1.24 bits per heavy atom. The van der Waals surface area contributed by atoms with E-state index in [4.69, 9.17) is 0 Å². The molecule has 0 aromatic heterocycles. The topological polar surface area (TPSA) is 66.4 Å². The predicted octanol–water partition coefficient (Wildman–Crippen LogP) is 2.75. The molecule has 0 bridgehead atoms. The highest BCUT2D eigenvalue weighted by molar-refractivity contribution is 5.87. The van der Waals surface area contributed by atoms with Crippen LogP contribution in [0.3, 0.4) is 0 Å². The maximum atomic E-state index is 12.1. The van der Waals surface area contributed by atoms with Crippen molar-refractivity contribution in [2.75, 3.05) is 0 Å². The van der Waals surface area contributed by atoms with Gasteiger partial charge >= 0.3 is 5.97 Å². The first-order valence-electron chi connectivity index (χ1n) is 7.53. The number of amides is 1. The van der Waals surface area contributed by atoms with Gasteiger partial charge in [0.25, 0.3) is 0 Å². The van der Waals surface area contributed by atoms with Crippen molar-refractivity contribution in [2.45, 2.75) is 57.9 Å². The van der Waals surface area contributed by atoms with Gasteiger partial charge in [0.1, 0.15) is 5.54 Å². The lowest BCUT2D eigenvalue weighted by molar-refractivity contribution is -0.147. The van der Waals surface area contributed by atoms with Gasteiger partial charge in [0, 0.05) is 6.42 Å². The van der Waals surface area contributed by atoms with E-state index in [1.807, 2.05) is 26.0 Å². The van der Waals surface area contributed by atoms with Crippen LogP contribution in [0.2, 0.25) is 0 Å². The monoisotopic (exact) mass is 289 g/mol. The summed E-state index contributed by atoms with van der Waals surface area (Å²) in [4.78, 5) is 23.5. The number of carboxylic acids is 1. The number of carboxylic acid groups (broad SMARTS) is 1. The third-order valence-corrected chi connectivity index (χ3v) is 4.36. The van der Waals surface area contributed by atoms with Gasteiger partial charge in [-0.2, -0.15) is 0 Å². The van der Waals surface area contributed by atoms with Gasteiger partial charge in [-0.1, -0.05) is 36.6 Å². The second-order valence-corrected chi connectivity index (χ2v) is 6.07. The minimum atomic E-state index is -1.03. The summed E-state index contributed by atoms with van der Waals surface area (Å²) in [6, 6.07) is 6.18. The summed E-state index contributed by atoms with van der Waals surface area (Å²) >= 11 is 0. The fourth-order valence-corrected chi connectivity index (χ4v) is 3.07. The number of nitrogens with one attached hydrogen (secondary N) is 1. The number of aliphatic carboxylic acids is 1. The van der Waals surface area contributed by atoms with E-state index in [0.29, 0.717) is 25.7 Å². The normalized spacial score (nSPS) is 16.7. The molecule has 1 fully saturated rings. The molecule has 0 heterocycles. The minimum Gasteiger partial charge on any atom is -0.480 e. The first kappa shape index (κ1) is 15.5. The molecule has 4 heteroatoms. The Kier molecular flexibility index (Phi) is 4.66. The number of hydrogen-bond acceptors (Lipinski definition) is 2. The van der Waals surface area contributed by atoms with Gasteiger partial charge in [-0.15, -0.1) is 0 Å². The molecule has 0 radical (unpaired) electrons. The van der Waals surface area contributed by atoms with E-state index in [9.17, 15) is 14.7 Å². The van der Waals surface area contributed by atoms with Crippen LogP contribution in [0.5, 0.6) is 0 Å². The van der Waals surface area contributed by atoms with Crippen molar-refractivity contribution >= 4 is 11.9 Å². The van der Waals surface area contributed by atoms with Crippen LogP contribution in [0.4, 0.5) is 0 Å². The van der Waals surface area contributed by atoms with E-state index in [2.05, 4.69) is 11.4 Å². The van der Waals surface area contributed by atoms with Crippen molar-refractivity contribution in [2.24, 2.45) is 0 Å². The molecule has 0 atom stereocenters. The van der Waals surface area contributed by atoms with Crippen LogP contribution in [0.25, 0.3) is 0 Å². The van der Waals surface area contributed by atoms with Gasteiger partial charge in [-0.25, -0.2) is 4.79 Å². The molecule has 1 aromatic carbocycles. The van der Waals surface area contributed by atoms with Crippen molar-refractivity contribution in [3.8, 4) is 0 Å². The molecule has 1 saturated carbocycles. The van der Waals surface area contributed by atoms with Crippen molar-refractivity contribution < 1.29 is 14.7 Å². The van der Waals surface area contributed by atoms with Gasteiger partial charge in [0.15, 0.2) is 0 Å². The van der Waals surface area contributed by atoms with Crippen molar-refractivity contribution in [1.82, 2.24) is 5.32 Å². The molecule has 0 spiro atoms. The molecule has 0 saturated heterocycles. The fraction of sp³-hybridized carbons (Fsp3) is 0.529. The number of carbonyl (C=O) groups excluding carboxylic acids is 1. The molecule has 1 amide bonds. The zero-order valence-electron chi connectivity index (χ0n) is 12.7. The van der Waals surface area contributed by atoms with Crippen molar-refractivity contribution in [3.63, 3.8) is 0 Å². The van der Waals surface area contributed by atoms with E-state index in [-0.39, 0.29) is 5.91 Å². The first-order valence-corrected chi connectivity index (χ1v) is 7.53. The number of benzene rings is 1. The lowest BCUT2D eigenvalue weighted by atomic mass is 9.96. The van der Waals surface area contributed by atoms with Crippen LogP contribution < -0.4 is 5.32 Å². The zero-order chi connectivity index (χ0) is 15.5.